The van der Waals surface area contributed by atoms with Gasteiger partial charge in [-0.25, -0.2) is 0 Å². The second kappa shape index (κ2) is 10.0. The molecule has 1 saturated heterocycles. The highest BCUT2D eigenvalue weighted by atomic mass is 16.5. The van der Waals surface area contributed by atoms with E-state index in [2.05, 4.69) is 41.0 Å². The number of rotatable bonds is 7. The summed E-state index contributed by atoms with van der Waals surface area (Å²) in [7, 11) is 3.14. The molecular weight excluding hydrogens is 454 g/mol. The molecule has 0 aliphatic carbocycles. The highest BCUT2D eigenvalue weighted by molar-refractivity contribution is 6.21. The maximum atomic E-state index is 13.2. The maximum absolute atomic E-state index is 13.2. The SMILES string of the molecule is COc1ccc(CN2C(=O)c3ccc(N4CCN([C@H](C)c5ccccc5)CC4)cc3C2=O)cc1OC. The number of benzene rings is 3. The van der Waals surface area contributed by atoms with Gasteiger partial charge in [0.05, 0.1) is 31.9 Å². The van der Waals surface area contributed by atoms with Crippen molar-refractivity contribution < 1.29 is 19.1 Å². The number of carbonyl (C=O) groups excluding carboxylic acids is 2. The van der Waals surface area contributed by atoms with Gasteiger partial charge in [0.2, 0.25) is 0 Å². The fourth-order valence-electron chi connectivity index (χ4n) is 5.09. The van der Waals surface area contributed by atoms with Crippen LogP contribution >= 0.6 is 0 Å². The summed E-state index contributed by atoms with van der Waals surface area (Å²) >= 11 is 0. The highest BCUT2D eigenvalue weighted by Gasteiger charge is 2.36. The quantitative estimate of drug-likeness (QED) is 0.463. The molecule has 0 N–H and O–H groups in total. The van der Waals surface area contributed by atoms with E-state index >= 15 is 0 Å². The fourth-order valence-corrected chi connectivity index (χ4v) is 5.09. The Morgan fingerprint density at radius 3 is 2.17 bits per heavy atom. The lowest BCUT2D eigenvalue weighted by atomic mass is 10.1. The lowest BCUT2D eigenvalue weighted by molar-refractivity contribution is 0.0642. The number of anilines is 1. The van der Waals surface area contributed by atoms with E-state index in [-0.39, 0.29) is 18.4 Å². The number of ether oxygens (including phenoxy) is 2. The fraction of sp³-hybridized carbons (Fsp3) is 0.310. The van der Waals surface area contributed by atoms with E-state index < -0.39 is 0 Å². The molecule has 7 heteroatoms. The Balaban J connectivity index is 1.28. The number of hydrogen-bond acceptors (Lipinski definition) is 6. The van der Waals surface area contributed by atoms with Crippen molar-refractivity contribution in [2.24, 2.45) is 0 Å². The van der Waals surface area contributed by atoms with Crippen molar-refractivity contribution in [1.29, 1.82) is 0 Å². The number of hydrogen-bond donors (Lipinski definition) is 0. The van der Waals surface area contributed by atoms with Crippen LogP contribution in [-0.4, -0.2) is 62.0 Å². The van der Waals surface area contributed by atoms with E-state index in [4.69, 9.17) is 9.47 Å². The lowest BCUT2D eigenvalue weighted by Gasteiger charge is -2.39. The number of methoxy groups -OCH3 is 2. The summed E-state index contributed by atoms with van der Waals surface area (Å²) in [5.74, 6) is 0.641. The van der Waals surface area contributed by atoms with Crippen molar-refractivity contribution in [2.75, 3.05) is 45.3 Å². The van der Waals surface area contributed by atoms with E-state index in [9.17, 15) is 9.59 Å². The number of nitrogens with zero attached hydrogens (tertiary/aromatic N) is 3. The summed E-state index contributed by atoms with van der Waals surface area (Å²) < 4.78 is 10.7. The van der Waals surface area contributed by atoms with Gasteiger partial charge in [0.15, 0.2) is 11.5 Å². The number of carbonyl (C=O) groups is 2. The smallest absolute Gasteiger partial charge is 0.261 e. The molecule has 0 bridgehead atoms. The summed E-state index contributed by atoms with van der Waals surface area (Å²) in [6, 6.07) is 22.0. The van der Waals surface area contributed by atoms with Gasteiger partial charge >= 0.3 is 0 Å². The van der Waals surface area contributed by atoms with Gasteiger partial charge in [-0.05, 0) is 48.4 Å². The van der Waals surface area contributed by atoms with Crippen LogP contribution in [0.15, 0.2) is 66.7 Å². The predicted octanol–water partition coefficient (Wildman–Crippen LogP) is 4.38. The average molecular weight is 486 g/mol. The van der Waals surface area contributed by atoms with Crippen LogP contribution in [0.25, 0.3) is 0 Å². The molecule has 0 aromatic heterocycles. The minimum atomic E-state index is -0.266. The zero-order valence-electron chi connectivity index (χ0n) is 20.9. The van der Waals surface area contributed by atoms with Crippen LogP contribution in [0, 0.1) is 0 Å². The number of imide groups is 1. The first kappa shape index (κ1) is 23.9. The first-order valence-electron chi connectivity index (χ1n) is 12.2. The molecule has 0 unspecified atom stereocenters. The molecule has 36 heavy (non-hydrogen) atoms. The van der Waals surface area contributed by atoms with Crippen molar-refractivity contribution in [2.45, 2.75) is 19.5 Å². The Hall–Kier alpha value is -3.84. The standard InChI is InChI=1S/C29H31N3O4/c1-20(22-7-5-4-6-8-22)30-13-15-31(16-14-30)23-10-11-24-25(18-23)29(34)32(28(24)33)19-21-9-12-26(35-2)27(17-21)36-3/h4-12,17-18,20H,13-16,19H2,1-3H3/t20-/m1/s1. The third kappa shape index (κ3) is 4.42. The molecule has 3 aromatic carbocycles. The summed E-state index contributed by atoms with van der Waals surface area (Å²) in [4.78, 5) is 32.4. The van der Waals surface area contributed by atoms with Gasteiger partial charge in [-0.1, -0.05) is 36.4 Å². The van der Waals surface area contributed by atoms with E-state index in [1.807, 2.05) is 24.3 Å². The molecule has 2 heterocycles. The Morgan fingerprint density at radius 1 is 0.778 bits per heavy atom. The summed E-state index contributed by atoms with van der Waals surface area (Å²) in [6.07, 6.45) is 0. The van der Waals surface area contributed by atoms with Crippen LogP contribution in [0.2, 0.25) is 0 Å². The summed E-state index contributed by atoms with van der Waals surface area (Å²) in [6.45, 7) is 6.04. The number of piperazine rings is 1. The van der Waals surface area contributed by atoms with Crippen molar-refractivity contribution in [3.05, 3.63) is 89.0 Å². The second-order valence-corrected chi connectivity index (χ2v) is 9.23. The molecule has 0 radical (unpaired) electrons. The van der Waals surface area contributed by atoms with Crippen LogP contribution in [0.4, 0.5) is 5.69 Å². The molecule has 1 fully saturated rings. The molecular formula is C29H31N3O4. The molecule has 2 aliphatic rings. The molecule has 5 rings (SSSR count). The first-order chi connectivity index (χ1) is 17.5. The van der Waals surface area contributed by atoms with Gasteiger partial charge in [0.25, 0.3) is 11.8 Å². The second-order valence-electron chi connectivity index (χ2n) is 9.23. The van der Waals surface area contributed by atoms with Gasteiger partial charge in [-0.15, -0.1) is 0 Å². The topological polar surface area (TPSA) is 62.3 Å². The minimum absolute atomic E-state index is 0.179. The van der Waals surface area contributed by atoms with Crippen molar-refractivity contribution >= 4 is 17.5 Å². The molecule has 2 aliphatic heterocycles. The van der Waals surface area contributed by atoms with Gasteiger partial charge in [0, 0.05) is 37.9 Å². The van der Waals surface area contributed by atoms with Gasteiger partial charge < -0.3 is 14.4 Å². The molecule has 0 spiro atoms. The van der Waals surface area contributed by atoms with Gasteiger partial charge in [-0.2, -0.15) is 0 Å². The van der Waals surface area contributed by atoms with Crippen LogP contribution in [0.3, 0.4) is 0 Å². The Morgan fingerprint density at radius 2 is 1.47 bits per heavy atom. The molecule has 2 amide bonds. The van der Waals surface area contributed by atoms with E-state index in [1.165, 1.54) is 10.5 Å². The van der Waals surface area contributed by atoms with Gasteiger partial charge in [0.1, 0.15) is 0 Å². The zero-order valence-corrected chi connectivity index (χ0v) is 20.9. The van der Waals surface area contributed by atoms with E-state index in [0.717, 1.165) is 37.4 Å². The van der Waals surface area contributed by atoms with Crippen LogP contribution in [-0.2, 0) is 6.54 Å². The Bertz CT molecular complexity index is 1270. The van der Waals surface area contributed by atoms with Gasteiger partial charge in [-0.3, -0.25) is 19.4 Å². The molecule has 7 nitrogen and oxygen atoms in total. The van der Waals surface area contributed by atoms with Crippen LogP contribution in [0.1, 0.15) is 44.8 Å². The lowest BCUT2D eigenvalue weighted by Crippen LogP contribution is -2.47. The maximum Gasteiger partial charge on any atom is 0.261 e. The normalized spacial score (nSPS) is 16.8. The number of fused-ring (bicyclic) bond motifs is 1. The largest absolute Gasteiger partial charge is 0.493 e. The number of amides is 2. The molecule has 3 aromatic rings. The van der Waals surface area contributed by atoms with Crippen molar-refractivity contribution in [3.63, 3.8) is 0 Å². The van der Waals surface area contributed by atoms with E-state index in [0.29, 0.717) is 28.7 Å². The first-order valence-corrected chi connectivity index (χ1v) is 12.2. The summed E-state index contributed by atoms with van der Waals surface area (Å²) in [5.41, 5.74) is 4.03. The van der Waals surface area contributed by atoms with Crippen molar-refractivity contribution in [3.8, 4) is 11.5 Å². The monoisotopic (exact) mass is 485 g/mol. The third-order valence-electron chi connectivity index (χ3n) is 7.25. The zero-order chi connectivity index (χ0) is 25.2. The van der Waals surface area contributed by atoms with E-state index in [1.54, 1.807) is 32.4 Å². The minimum Gasteiger partial charge on any atom is -0.493 e. The highest BCUT2D eigenvalue weighted by Crippen LogP contribution is 2.32. The third-order valence-corrected chi connectivity index (χ3v) is 7.25. The molecule has 186 valence electrons. The van der Waals surface area contributed by atoms with Crippen LogP contribution in [0.5, 0.6) is 11.5 Å². The average Bonchev–Trinajstić information content (AvgIpc) is 3.17. The Kier molecular flexibility index (Phi) is 6.65. The molecule has 0 saturated carbocycles. The Labute approximate surface area is 211 Å². The molecule has 1 atom stereocenters. The van der Waals surface area contributed by atoms with Crippen LogP contribution < -0.4 is 14.4 Å². The summed E-state index contributed by atoms with van der Waals surface area (Å²) in [5, 5.41) is 0. The van der Waals surface area contributed by atoms with Crippen molar-refractivity contribution in [1.82, 2.24) is 9.80 Å². The predicted molar refractivity (Wildman–Crippen MR) is 139 cm³/mol.